The number of rotatable bonds is 4. The maximum atomic E-state index is 12.1. The van der Waals surface area contributed by atoms with Crippen molar-refractivity contribution in [3.8, 4) is 0 Å². The van der Waals surface area contributed by atoms with E-state index in [1.54, 1.807) is 0 Å². The standard InChI is InChI=1S/C17H15ClN2OS2/c1-10-3-8-14-16(11(10)2)20-17(23-14)19-15(21)9-22-13-6-4-12(18)5-7-13/h3-8H,9H2,1-2H3,(H,19,20,21). The molecule has 0 spiro atoms. The second-order valence-corrected chi connectivity index (χ2v) is 7.68. The summed E-state index contributed by atoms with van der Waals surface area (Å²) in [6.07, 6.45) is 0. The normalized spacial score (nSPS) is 10.9. The van der Waals surface area contributed by atoms with E-state index >= 15 is 0 Å². The lowest BCUT2D eigenvalue weighted by molar-refractivity contribution is -0.113. The number of nitrogens with zero attached hydrogens (tertiary/aromatic N) is 1. The van der Waals surface area contributed by atoms with Crippen LogP contribution in [0.4, 0.5) is 5.13 Å². The van der Waals surface area contributed by atoms with Crippen LogP contribution in [0.15, 0.2) is 41.3 Å². The van der Waals surface area contributed by atoms with E-state index < -0.39 is 0 Å². The Balaban J connectivity index is 1.66. The molecule has 118 valence electrons. The minimum Gasteiger partial charge on any atom is -0.301 e. The smallest absolute Gasteiger partial charge is 0.236 e. The van der Waals surface area contributed by atoms with Gasteiger partial charge < -0.3 is 5.32 Å². The summed E-state index contributed by atoms with van der Waals surface area (Å²) in [4.78, 5) is 17.6. The summed E-state index contributed by atoms with van der Waals surface area (Å²) in [5, 5.41) is 4.22. The fourth-order valence-electron chi connectivity index (χ4n) is 2.11. The molecule has 3 rings (SSSR count). The SMILES string of the molecule is Cc1ccc2sc(NC(=O)CSc3ccc(Cl)cc3)nc2c1C. The molecule has 0 aliphatic rings. The minimum atomic E-state index is -0.0571. The van der Waals surface area contributed by atoms with Crippen molar-refractivity contribution in [3.05, 3.63) is 52.5 Å². The number of hydrogen-bond donors (Lipinski definition) is 1. The van der Waals surface area contributed by atoms with Crippen LogP contribution in [-0.4, -0.2) is 16.6 Å². The molecule has 1 aromatic heterocycles. The third-order valence-electron chi connectivity index (χ3n) is 3.51. The molecule has 0 fully saturated rings. The van der Waals surface area contributed by atoms with Crippen LogP contribution in [0.2, 0.25) is 5.02 Å². The van der Waals surface area contributed by atoms with Crippen molar-refractivity contribution in [2.45, 2.75) is 18.7 Å². The van der Waals surface area contributed by atoms with Crippen LogP contribution in [0.5, 0.6) is 0 Å². The van der Waals surface area contributed by atoms with Gasteiger partial charge in [-0.05, 0) is 55.3 Å². The highest BCUT2D eigenvalue weighted by molar-refractivity contribution is 8.00. The summed E-state index contributed by atoms with van der Waals surface area (Å²) >= 11 is 8.83. The minimum absolute atomic E-state index is 0.0571. The van der Waals surface area contributed by atoms with Gasteiger partial charge in [-0.15, -0.1) is 11.8 Å². The Morgan fingerprint density at radius 3 is 2.70 bits per heavy atom. The van der Waals surface area contributed by atoms with Crippen molar-refractivity contribution in [2.75, 3.05) is 11.1 Å². The lowest BCUT2D eigenvalue weighted by atomic mass is 10.1. The highest BCUT2D eigenvalue weighted by Gasteiger charge is 2.10. The Bertz CT molecular complexity index is 859. The summed E-state index contributed by atoms with van der Waals surface area (Å²) < 4.78 is 1.09. The summed E-state index contributed by atoms with van der Waals surface area (Å²) in [7, 11) is 0. The molecule has 1 amide bonds. The fourth-order valence-corrected chi connectivity index (χ4v) is 3.88. The average molecular weight is 363 g/mol. The molecule has 0 aliphatic carbocycles. The van der Waals surface area contributed by atoms with Crippen LogP contribution in [0, 0.1) is 13.8 Å². The first-order chi connectivity index (χ1) is 11.0. The molecule has 0 radical (unpaired) electrons. The fraction of sp³-hybridized carbons (Fsp3) is 0.176. The van der Waals surface area contributed by atoms with Gasteiger partial charge in [0, 0.05) is 9.92 Å². The van der Waals surface area contributed by atoms with Gasteiger partial charge in [-0.1, -0.05) is 29.0 Å². The molecular formula is C17H15ClN2OS2. The number of thiazole rings is 1. The lowest BCUT2D eigenvalue weighted by Gasteiger charge is -2.02. The van der Waals surface area contributed by atoms with Crippen molar-refractivity contribution >= 4 is 56.0 Å². The maximum Gasteiger partial charge on any atom is 0.236 e. The van der Waals surface area contributed by atoms with Crippen molar-refractivity contribution in [3.63, 3.8) is 0 Å². The Morgan fingerprint density at radius 2 is 1.96 bits per heavy atom. The van der Waals surface area contributed by atoms with Crippen molar-refractivity contribution in [2.24, 2.45) is 0 Å². The summed E-state index contributed by atoms with van der Waals surface area (Å²) in [5.41, 5.74) is 3.34. The second-order valence-electron chi connectivity index (χ2n) is 5.16. The van der Waals surface area contributed by atoms with Gasteiger partial charge in [0.2, 0.25) is 5.91 Å². The van der Waals surface area contributed by atoms with Crippen molar-refractivity contribution in [1.29, 1.82) is 0 Å². The predicted molar refractivity (Wildman–Crippen MR) is 99.9 cm³/mol. The first-order valence-corrected chi connectivity index (χ1v) is 9.26. The van der Waals surface area contributed by atoms with Gasteiger partial charge in [-0.25, -0.2) is 4.98 Å². The molecule has 2 aromatic carbocycles. The maximum absolute atomic E-state index is 12.1. The van der Waals surface area contributed by atoms with E-state index in [0.29, 0.717) is 15.9 Å². The molecule has 0 aliphatic heterocycles. The number of fused-ring (bicyclic) bond motifs is 1. The molecule has 1 heterocycles. The Hall–Kier alpha value is -1.56. The van der Waals surface area contributed by atoms with E-state index in [-0.39, 0.29) is 5.91 Å². The van der Waals surface area contributed by atoms with E-state index in [9.17, 15) is 4.79 Å². The van der Waals surface area contributed by atoms with Crippen LogP contribution in [0.1, 0.15) is 11.1 Å². The van der Waals surface area contributed by atoms with E-state index in [0.717, 1.165) is 20.7 Å². The number of anilines is 1. The molecule has 0 saturated heterocycles. The molecule has 0 saturated carbocycles. The Labute approximate surface area is 148 Å². The van der Waals surface area contributed by atoms with E-state index in [1.807, 2.05) is 30.3 Å². The van der Waals surface area contributed by atoms with Gasteiger partial charge in [0.25, 0.3) is 0 Å². The third kappa shape index (κ3) is 3.86. The Morgan fingerprint density at radius 1 is 1.22 bits per heavy atom. The van der Waals surface area contributed by atoms with Gasteiger partial charge in [0.1, 0.15) is 0 Å². The van der Waals surface area contributed by atoms with Gasteiger partial charge in [-0.2, -0.15) is 0 Å². The van der Waals surface area contributed by atoms with Gasteiger partial charge in [0.15, 0.2) is 5.13 Å². The monoisotopic (exact) mass is 362 g/mol. The molecule has 0 atom stereocenters. The predicted octanol–water partition coefficient (Wildman–Crippen LogP) is 5.30. The molecule has 3 aromatic rings. The third-order valence-corrected chi connectivity index (χ3v) is 5.71. The van der Waals surface area contributed by atoms with E-state index in [4.69, 9.17) is 11.6 Å². The number of thioether (sulfide) groups is 1. The lowest BCUT2D eigenvalue weighted by Crippen LogP contribution is -2.13. The summed E-state index contributed by atoms with van der Waals surface area (Å²) in [5.74, 6) is 0.286. The molecule has 1 N–H and O–H groups in total. The van der Waals surface area contributed by atoms with Crippen molar-refractivity contribution in [1.82, 2.24) is 4.98 Å². The highest BCUT2D eigenvalue weighted by Crippen LogP contribution is 2.30. The number of aryl methyl sites for hydroxylation is 2. The molecule has 23 heavy (non-hydrogen) atoms. The molecule has 0 bridgehead atoms. The van der Waals surface area contributed by atoms with Crippen LogP contribution >= 0.6 is 34.7 Å². The quantitative estimate of drug-likeness (QED) is 0.640. The highest BCUT2D eigenvalue weighted by atomic mass is 35.5. The van der Waals surface area contributed by atoms with Gasteiger partial charge in [-0.3, -0.25) is 4.79 Å². The number of carbonyl (C=O) groups excluding carboxylic acids is 1. The summed E-state index contributed by atoms with van der Waals surface area (Å²) in [6, 6.07) is 11.6. The number of amides is 1. The van der Waals surface area contributed by atoms with Crippen LogP contribution in [0.25, 0.3) is 10.2 Å². The zero-order chi connectivity index (χ0) is 16.4. The van der Waals surface area contributed by atoms with Gasteiger partial charge >= 0.3 is 0 Å². The second kappa shape index (κ2) is 6.91. The first kappa shape index (κ1) is 16.3. The largest absolute Gasteiger partial charge is 0.301 e. The number of benzene rings is 2. The Kier molecular flexibility index (Phi) is 4.90. The van der Waals surface area contributed by atoms with Gasteiger partial charge in [0.05, 0.1) is 16.0 Å². The number of halogens is 1. The van der Waals surface area contributed by atoms with Crippen LogP contribution < -0.4 is 5.32 Å². The molecule has 6 heteroatoms. The van der Waals surface area contributed by atoms with E-state index in [1.165, 1.54) is 28.7 Å². The topological polar surface area (TPSA) is 42.0 Å². The zero-order valence-corrected chi connectivity index (χ0v) is 15.1. The van der Waals surface area contributed by atoms with Crippen LogP contribution in [0.3, 0.4) is 0 Å². The molecular weight excluding hydrogens is 348 g/mol. The number of aromatic nitrogens is 1. The number of carbonyl (C=O) groups is 1. The molecule has 0 unspecified atom stereocenters. The average Bonchev–Trinajstić information content (AvgIpc) is 2.94. The number of nitrogens with one attached hydrogen (secondary N) is 1. The summed E-state index contributed by atoms with van der Waals surface area (Å²) in [6.45, 7) is 4.12. The van der Waals surface area contributed by atoms with Crippen LogP contribution in [-0.2, 0) is 4.79 Å². The van der Waals surface area contributed by atoms with Crippen molar-refractivity contribution < 1.29 is 4.79 Å². The van der Waals surface area contributed by atoms with E-state index in [2.05, 4.69) is 30.2 Å². The molecule has 3 nitrogen and oxygen atoms in total. The first-order valence-electron chi connectivity index (χ1n) is 7.08. The zero-order valence-electron chi connectivity index (χ0n) is 12.7. The number of hydrogen-bond acceptors (Lipinski definition) is 4.